The minimum absolute atomic E-state index is 0.0342. The minimum Gasteiger partial charge on any atom is -0.374 e. The highest BCUT2D eigenvalue weighted by atomic mass is 32.7. The largest absolute Gasteiger partial charge is 0.374 e. The van der Waals surface area contributed by atoms with Crippen LogP contribution in [0.4, 0.5) is 0 Å². The number of thiol groups is 1. The molecule has 1 aliphatic carbocycles. The van der Waals surface area contributed by atoms with Crippen molar-refractivity contribution < 1.29 is 14.9 Å². The topological polar surface area (TPSA) is 60.7 Å². The summed E-state index contributed by atoms with van der Waals surface area (Å²) in [5.74, 6) is 0. The standard InChI is InChI=1S/C14H22OS.H3O2PS/c1-2-3-4-5-6-7-10-13-11-8-9-12-14(13,15)16-13;1-3(2)4/h8-9,11-12,15H,2-7,10H2,1H3;1-2,4H. The van der Waals surface area contributed by atoms with Gasteiger partial charge in [-0.05, 0) is 12.5 Å². The van der Waals surface area contributed by atoms with Crippen molar-refractivity contribution in [3.8, 4) is 0 Å². The summed E-state index contributed by atoms with van der Waals surface area (Å²) in [6.45, 7) is 2.25. The zero-order valence-corrected chi connectivity index (χ0v) is 14.5. The molecule has 3 N–H and O–H groups in total. The SMILES string of the molecule is CCCCCCCCC12C=CC=CC1(O)S2.OP(O)S. The van der Waals surface area contributed by atoms with Gasteiger partial charge >= 0.3 is 0 Å². The Bertz CT molecular complexity index is 347. The first-order valence-corrected chi connectivity index (χ1v) is 10.3. The van der Waals surface area contributed by atoms with E-state index in [2.05, 4.69) is 31.3 Å². The summed E-state index contributed by atoms with van der Waals surface area (Å²) in [6, 6.07) is 0. The Kier molecular flexibility index (Phi) is 8.17. The van der Waals surface area contributed by atoms with Gasteiger partial charge in [0.05, 0.1) is 4.75 Å². The summed E-state index contributed by atoms with van der Waals surface area (Å²) in [4.78, 5) is 14.5. The van der Waals surface area contributed by atoms with E-state index in [1.54, 1.807) is 11.8 Å². The Morgan fingerprint density at radius 2 is 1.60 bits per heavy atom. The van der Waals surface area contributed by atoms with Crippen LogP contribution in [0.25, 0.3) is 0 Å². The molecular weight excluding hydrogens is 311 g/mol. The second-order valence-electron chi connectivity index (χ2n) is 5.19. The molecule has 0 amide bonds. The third-order valence-corrected chi connectivity index (χ3v) is 5.23. The molecule has 1 heterocycles. The van der Waals surface area contributed by atoms with Gasteiger partial charge in [-0.25, -0.2) is 0 Å². The highest BCUT2D eigenvalue weighted by Crippen LogP contribution is 2.67. The summed E-state index contributed by atoms with van der Waals surface area (Å²) >= 11 is 4.84. The van der Waals surface area contributed by atoms with Gasteiger partial charge in [-0.15, -0.1) is 11.8 Å². The summed E-state index contributed by atoms with van der Waals surface area (Å²) in [6.07, 6.45) is 17.3. The molecule has 0 aromatic heterocycles. The van der Waals surface area contributed by atoms with Crippen molar-refractivity contribution in [2.45, 2.75) is 61.5 Å². The number of unbranched alkanes of at least 4 members (excludes halogenated alkanes) is 5. The van der Waals surface area contributed by atoms with Crippen molar-refractivity contribution in [3.63, 3.8) is 0 Å². The summed E-state index contributed by atoms with van der Waals surface area (Å²) in [5, 5.41) is 10.2. The molecule has 1 aliphatic heterocycles. The second kappa shape index (κ2) is 8.82. The summed E-state index contributed by atoms with van der Waals surface area (Å²) < 4.78 is 0.0342. The van der Waals surface area contributed by atoms with Crippen molar-refractivity contribution >= 4 is 31.6 Å². The molecule has 2 rings (SSSR count). The quantitative estimate of drug-likeness (QED) is 0.244. The van der Waals surface area contributed by atoms with E-state index in [9.17, 15) is 5.11 Å². The lowest BCUT2D eigenvalue weighted by atomic mass is 9.92. The Balaban J connectivity index is 0.000000444. The Labute approximate surface area is 132 Å². The third-order valence-electron chi connectivity index (χ3n) is 3.60. The minimum atomic E-state index is -1.93. The Hall–Kier alpha value is 0.490. The fraction of sp³-hybridized carbons (Fsp3) is 0.714. The number of hydrogen-bond donors (Lipinski definition) is 4. The number of rotatable bonds is 7. The number of thioether (sulfide) groups is 1. The van der Waals surface area contributed by atoms with Crippen LogP contribution in [-0.2, 0) is 0 Å². The van der Waals surface area contributed by atoms with Crippen LogP contribution in [0, 0.1) is 0 Å². The van der Waals surface area contributed by atoms with E-state index < -0.39 is 12.5 Å². The maximum atomic E-state index is 10.2. The van der Waals surface area contributed by atoms with Crippen molar-refractivity contribution in [3.05, 3.63) is 24.3 Å². The molecule has 6 heteroatoms. The summed E-state index contributed by atoms with van der Waals surface area (Å²) in [5.41, 5.74) is 0. The molecule has 0 aromatic rings. The van der Waals surface area contributed by atoms with Crippen molar-refractivity contribution in [2.75, 3.05) is 0 Å². The fourth-order valence-electron chi connectivity index (χ4n) is 2.46. The Morgan fingerprint density at radius 3 is 2.20 bits per heavy atom. The van der Waals surface area contributed by atoms with Gasteiger partial charge in [0, 0.05) is 0 Å². The zero-order valence-electron chi connectivity index (χ0n) is 11.9. The molecule has 0 aromatic carbocycles. The lowest BCUT2D eigenvalue weighted by Crippen LogP contribution is -2.23. The lowest BCUT2D eigenvalue weighted by Gasteiger charge is -2.15. The predicted molar refractivity (Wildman–Crippen MR) is 91.9 cm³/mol. The number of hydrogen-bond acceptors (Lipinski definition) is 5. The van der Waals surface area contributed by atoms with Crippen molar-refractivity contribution in [1.29, 1.82) is 0 Å². The van der Waals surface area contributed by atoms with Crippen LogP contribution in [0.3, 0.4) is 0 Å². The van der Waals surface area contributed by atoms with E-state index in [1.165, 1.54) is 38.5 Å². The van der Waals surface area contributed by atoms with Gasteiger partial charge in [0.15, 0.2) is 0 Å². The van der Waals surface area contributed by atoms with Crippen molar-refractivity contribution in [2.24, 2.45) is 0 Å². The number of aliphatic hydroxyl groups is 1. The number of allylic oxidation sites excluding steroid dienone is 2. The molecular formula is C14H25O3PS2. The smallest absolute Gasteiger partial charge is 0.229 e. The first kappa shape index (κ1) is 18.5. The lowest BCUT2D eigenvalue weighted by molar-refractivity contribution is 0.193. The second-order valence-corrected chi connectivity index (χ2v) is 8.36. The van der Waals surface area contributed by atoms with Gasteiger partial charge in [0.2, 0.25) is 7.58 Å². The van der Waals surface area contributed by atoms with E-state index >= 15 is 0 Å². The average molecular weight is 336 g/mol. The molecule has 2 aliphatic rings. The Morgan fingerprint density at radius 1 is 1.05 bits per heavy atom. The third kappa shape index (κ3) is 5.70. The van der Waals surface area contributed by atoms with Crippen LogP contribution < -0.4 is 0 Å². The van der Waals surface area contributed by atoms with Gasteiger partial charge in [-0.2, -0.15) is 0 Å². The molecule has 1 saturated heterocycles. The molecule has 3 nitrogen and oxygen atoms in total. The van der Waals surface area contributed by atoms with E-state index in [1.807, 2.05) is 12.2 Å². The van der Waals surface area contributed by atoms with E-state index in [-0.39, 0.29) is 4.75 Å². The highest BCUT2D eigenvalue weighted by molar-refractivity contribution is 8.41. The monoisotopic (exact) mass is 336 g/mol. The molecule has 0 spiro atoms. The van der Waals surface area contributed by atoms with Crippen LogP contribution >= 0.6 is 31.6 Å². The van der Waals surface area contributed by atoms with E-state index in [0.29, 0.717) is 0 Å². The molecule has 0 bridgehead atoms. The molecule has 2 atom stereocenters. The number of fused-ring (bicyclic) bond motifs is 1. The van der Waals surface area contributed by atoms with E-state index in [4.69, 9.17) is 9.79 Å². The zero-order chi connectivity index (χ0) is 15.1. The normalized spacial score (nSPS) is 29.9. The van der Waals surface area contributed by atoms with Crippen LogP contribution in [0.15, 0.2) is 24.3 Å². The van der Waals surface area contributed by atoms with Crippen LogP contribution in [0.1, 0.15) is 51.9 Å². The van der Waals surface area contributed by atoms with Gasteiger partial charge in [-0.3, -0.25) is 0 Å². The van der Waals surface area contributed by atoms with Gasteiger partial charge in [0.1, 0.15) is 4.93 Å². The van der Waals surface area contributed by atoms with Crippen LogP contribution in [0.2, 0.25) is 0 Å². The highest BCUT2D eigenvalue weighted by Gasteiger charge is 2.65. The summed E-state index contributed by atoms with van der Waals surface area (Å²) in [7, 11) is -1.93. The maximum Gasteiger partial charge on any atom is 0.229 e. The van der Waals surface area contributed by atoms with E-state index in [0.717, 1.165) is 6.42 Å². The first-order valence-electron chi connectivity index (χ1n) is 7.12. The molecule has 0 radical (unpaired) electrons. The predicted octanol–water partition coefficient (Wildman–Crippen LogP) is 4.16. The molecule has 2 unspecified atom stereocenters. The molecule has 0 saturated carbocycles. The van der Waals surface area contributed by atoms with Crippen LogP contribution in [-0.4, -0.2) is 24.6 Å². The molecule has 116 valence electrons. The van der Waals surface area contributed by atoms with Gasteiger partial charge in [0.25, 0.3) is 0 Å². The molecule has 20 heavy (non-hydrogen) atoms. The van der Waals surface area contributed by atoms with Crippen LogP contribution in [0.5, 0.6) is 0 Å². The fourth-order valence-corrected chi connectivity index (χ4v) is 3.74. The van der Waals surface area contributed by atoms with Gasteiger partial charge < -0.3 is 14.9 Å². The maximum absolute atomic E-state index is 10.2. The van der Waals surface area contributed by atoms with Crippen molar-refractivity contribution in [1.82, 2.24) is 0 Å². The van der Waals surface area contributed by atoms with Gasteiger partial charge in [-0.1, -0.05) is 75.9 Å². The average Bonchev–Trinajstić information content (AvgIpc) is 2.99. The first-order chi connectivity index (χ1) is 9.46. The molecule has 1 fully saturated rings.